The number of hydrogen-bond acceptors (Lipinski definition) is 5. The summed E-state index contributed by atoms with van der Waals surface area (Å²) < 4.78 is 11.7. The number of ether oxygens (including phenoxy) is 2. The van der Waals surface area contributed by atoms with E-state index in [1.54, 1.807) is 0 Å². The molecule has 2 N–H and O–H groups in total. The Morgan fingerprint density at radius 1 is 0.571 bits per heavy atom. The zero-order valence-corrected chi connectivity index (χ0v) is 35.7. The molecule has 0 aliphatic rings. The molecule has 2 aromatic carbocycles. The van der Waals surface area contributed by atoms with Gasteiger partial charge in [0.25, 0.3) is 0 Å². The van der Waals surface area contributed by atoms with Crippen LogP contribution < -0.4 is 10.6 Å². The van der Waals surface area contributed by atoms with E-state index in [-0.39, 0.29) is 22.5 Å². The Hall–Kier alpha value is -2.24. The van der Waals surface area contributed by atoms with Crippen molar-refractivity contribution in [2.24, 2.45) is 0 Å². The Morgan fingerprint density at radius 3 is 1.18 bits per heavy atom. The summed E-state index contributed by atoms with van der Waals surface area (Å²) in [6.45, 7) is 25.6. The number of benzene rings is 2. The number of unbranched alkanes of at least 4 members (excludes halogenated alkanes) is 2. The highest BCUT2D eigenvalue weighted by molar-refractivity contribution is 7.99. The molecule has 0 heterocycles. The maximum atomic E-state index is 13.5. The third kappa shape index (κ3) is 15.3. The van der Waals surface area contributed by atoms with Gasteiger partial charge in [0.1, 0.15) is 11.2 Å². The molecule has 0 unspecified atom stereocenters. The van der Waals surface area contributed by atoms with Crippen molar-refractivity contribution in [3.8, 4) is 0 Å². The van der Waals surface area contributed by atoms with E-state index in [0.29, 0.717) is 0 Å². The normalized spacial score (nSPS) is 15.1. The van der Waals surface area contributed by atoms with Crippen LogP contribution in [0.25, 0.3) is 0 Å². The van der Waals surface area contributed by atoms with Crippen LogP contribution in [0.5, 0.6) is 0 Å². The molecular formula is C40H68N2O4SSi2. The topological polar surface area (TPSA) is 76.7 Å². The van der Waals surface area contributed by atoms with Crippen LogP contribution in [0.1, 0.15) is 91.2 Å². The van der Waals surface area contributed by atoms with Crippen LogP contribution in [0.4, 0.5) is 9.59 Å². The molecule has 2 amide bonds. The van der Waals surface area contributed by atoms with Gasteiger partial charge in [-0.25, -0.2) is 9.59 Å². The molecule has 6 nitrogen and oxygen atoms in total. The van der Waals surface area contributed by atoms with E-state index in [1.807, 2.05) is 53.3 Å². The summed E-state index contributed by atoms with van der Waals surface area (Å²) in [7, 11) is -4.02. The monoisotopic (exact) mass is 728 g/mol. The molecule has 0 saturated carbocycles. The van der Waals surface area contributed by atoms with Gasteiger partial charge < -0.3 is 20.1 Å². The van der Waals surface area contributed by atoms with E-state index < -0.39 is 27.3 Å². The first-order chi connectivity index (χ1) is 22.6. The predicted octanol–water partition coefficient (Wildman–Crippen LogP) is 10.8. The fourth-order valence-electron chi connectivity index (χ4n) is 6.10. The van der Waals surface area contributed by atoms with Crippen molar-refractivity contribution in [2.45, 2.75) is 154 Å². The first-order valence-corrected chi connectivity index (χ1v) is 26.4. The molecule has 0 aromatic heterocycles. The maximum absolute atomic E-state index is 13.5. The number of thioether (sulfide) groups is 1. The van der Waals surface area contributed by atoms with Crippen molar-refractivity contribution in [1.29, 1.82) is 0 Å². The molecule has 0 fully saturated rings. The molecule has 276 valence electrons. The molecule has 49 heavy (non-hydrogen) atoms. The Bertz CT molecular complexity index is 1180. The molecule has 0 aliphatic heterocycles. The number of amides is 2. The highest BCUT2D eigenvalue weighted by Gasteiger charge is 2.48. The zero-order chi connectivity index (χ0) is 37.0. The third-order valence-electron chi connectivity index (χ3n) is 9.37. The molecule has 2 atom stereocenters. The van der Waals surface area contributed by atoms with Crippen molar-refractivity contribution in [2.75, 3.05) is 11.5 Å². The maximum Gasteiger partial charge on any atom is 0.407 e. The Labute approximate surface area is 305 Å². The first kappa shape index (κ1) is 42.9. The van der Waals surface area contributed by atoms with Gasteiger partial charge in [0.2, 0.25) is 0 Å². The van der Waals surface area contributed by atoms with Gasteiger partial charge in [-0.1, -0.05) is 113 Å². The second-order valence-corrected chi connectivity index (χ2v) is 29.7. The summed E-state index contributed by atoms with van der Waals surface area (Å²) in [5.41, 5.74) is 1.52. The van der Waals surface area contributed by atoms with Gasteiger partial charge in [0.05, 0.1) is 16.1 Å². The minimum atomic E-state index is -2.01. The van der Waals surface area contributed by atoms with Crippen LogP contribution in [0.15, 0.2) is 60.7 Å². The van der Waals surface area contributed by atoms with Gasteiger partial charge in [0, 0.05) is 21.8 Å². The van der Waals surface area contributed by atoms with Crippen LogP contribution in [0, 0.1) is 0 Å². The highest BCUT2D eigenvalue weighted by atomic mass is 32.2. The van der Waals surface area contributed by atoms with E-state index in [2.05, 4.69) is 111 Å². The molecule has 0 spiro atoms. The van der Waals surface area contributed by atoms with Crippen LogP contribution in [-0.2, 0) is 22.3 Å². The summed E-state index contributed by atoms with van der Waals surface area (Å²) in [5, 5.41) is 6.17. The van der Waals surface area contributed by atoms with E-state index in [0.717, 1.165) is 62.9 Å². The lowest BCUT2D eigenvalue weighted by Crippen LogP contribution is -2.67. The van der Waals surface area contributed by atoms with E-state index in [4.69, 9.17) is 9.47 Å². The van der Waals surface area contributed by atoms with Crippen molar-refractivity contribution >= 4 is 40.1 Å². The SMILES string of the molecule is CC(C)(C)OC(=O)N[C@](CCCCc1ccccc1)(CSC[C@@](CCCCc1ccccc1)(NC(=O)OC(C)(C)C)[Si](C)(C)C)[Si](C)(C)C. The summed E-state index contributed by atoms with van der Waals surface area (Å²) >= 11 is 1.88. The lowest BCUT2D eigenvalue weighted by atomic mass is 10.0. The Balaban J connectivity index is 2.37. The van der Waals surface area contributed by atoms with Crippen LogP contribution >= 0.6 is 11.8 Å². The minimum Gasteiger partial charge on any atom is -0.444 e. The molecule has 0 saturated heterocycles. The quantitative estimate of drug-likeness (QED) is 0.118. The van der Waals surface area contributed by atoms with Crippen molar-refractivity contribution in [3.63, 3.8) is 0 Å². The van der Waals surface area contributed by atoms with Crippen LogP contribution in [-0.4, -0.2) is 61.4 Å². The first-order valence-electron chi connectivity index (χ1n) is 18.2. The van der Waals surface area contributed by atoms with E-state index in [1.165, 1.54) is 11.1 Å². The van der Waals surface area contributed by atoms with E-state index in [9.17, 15) is 9.59 Å². The number of hydrogen-bond donors (Lipinski definition) is 2. The molecule has 0 radical (unpaired) electrons. The second-order valence-electron chi connectivity index (χ2n) is 17.8. The Kier molecular flexibility index (Phi) is 16.0. The van der Waals surface area contributed by atoms with Gasteiger partial charge >= 0.3 is 12.2 Å². The number of aryl methyl sites for hydroxylation is 2. The van der Waals surface area contributed by atoms with Crippen LogP contribution in [0.2, 0.25) is 39.3 Å². The minimum absolute atomic E-state index is 0.345. The highest BCUT2D eigenvalue weighted by Crippen LogP contribution is 2.36. The average Bonchev–Trinajstić information content (AvgIpc) is 2.95. The second kappa shape index (κ2) is 18.3. The number of nitrogens with one attached hydrogen (secondary N) is 2. The van der Waals surface area contributed by atoms with Gasteiger partial charge in [-0.3, -0.25) is 0 Å². The summed E-state index contributed by atoms with van der Waals surface area (Å²) in [4.78, 5) is 27.0. The Morgan fingerprint density at radius 2 is 0.898 bits per heavy atom. The predicted molar refractivity (Wildman–Crippen MR) is 216 cm³/mol. The largest absolute Gasteiger partial charge is 0.444 e. The molecule has 0 bridgehead atoms. The van der Waals surface area contributed by atoms with E-state index >= 15 is 0 Å². The molecular weight excluding hydrogens is 661 g/mol. The fraction of sp³-hybridized carbons (Fsp3) is 0.650. The molecule has 9 heteroatoms. The van der Waals surface area contributed by atoms with Gasteiger partial charge in [-0.05, 0) is 91.2 Å². The zero-order valence-electron chi connectivity index (χ0n) is 32.9. The lowest BCUT2D eigenvalue weighted by Gasteiger charge is -2.47. The number of alkyl carbamates (subject to hydrolysis) is 2. The standard InChI is InChI=1S/C40H68N2O4SSi2/c1-37(2,3)45-35(43)41-39(48(7,8)9,29-21-19-27-33-23-15-13-16-24-33)31-47-32-40(49(10,11)12,42-36(44)46-38(4,5)6)30-22-20-28-34-25-17-14-18-26-34/h13-18,23-26H,19-22,27-32H2,1-12H3,(H,41,43)(H,42,44)/t39-,40-/m0/s1. The smallest absolute Gasteiger partial charge is 0.407 e. The van der Waals surface area contributed by atoms with Gasteiger partial charge in [-0.15, -0.1) is 0 Å². The van der Waals surface area contributed by atoms with Crippen molar-refractivity contribution < 1.29 is 19.1 Å². The van der Waals surface area contributed by atoms with Crippen molar-refractivity contribution in [1.82, 2.24) is 10.6 Å². The molecule has 2 aromatic rings. The van der Waals surface area contributed by atoms with Crippen molar-refractivity contribution in [3.05, 3.63) is 71.8 Å². The van der Waals surface area contributed by atoms with Crippen LogP contribution in [0.3, 0.4) is 0 Å². The van der Waals surface area contributed by atoms with Gasteiger partial charge in [0.15, 0.2) is 0 Å². The number of rotatable bonds is 18. The lowest BCUT2D eigenvalue weighted by molar-refractivity contribution is 0.0479. The number of carbonyl (C=O) groups excluding carboxylic acids is 2. The number of carbonyl (C=O) groups is 2. The summed E-state index contributed by atoms with van der Waals surface area (Å²) in [6.07, 6.45) is 7.23. The summed E-state index contributed by atoms with van der Waals surface area (Å²) in [5.74, 6) is 1.53. The molecule has 2 rings (SSSR count). The van der Waals surface area contributed by atoms with Gasteiger partial charge in [-0.2, -0.15) is 11.8 Å². The summed E-state index contributed by atoms with van der Waals surface area (Å²) in [6, 6.07) is 21.3. The fourth-order valence-corrected chi connectivity index (χ4v) is 14.2. The average molecular weight is 729 g/mol. The molecule has 0 aliphatic carbocycles. The third-order valence-corrected chi connectivity index (χ3v) is 18.1.